The molecule has 2 aromatic heterocycles. The lowest BCUT2D eigenvalue weighted by Gasteiger charge is -2.23. The van der Waals surface area contributed by atoms with Gasteiger partial charge in [-0.1, -0.05) is 31.4 Å². The van der Waals surface area contributed by atoms with E-state index in [1.807, 2.05) is 24.5 Å². The summed E-state index contributed by atoms with van der Waals surface area (Å²) in [5.74, 6) is 0.608. The van der Waals surface area contributed by atoms with E-state index in [0.29, 0.717) is 11.6 Å². The van der Waals surface area contributed by atoms with Crippen LogP contribution in [0.5, 0.6) is 0 Å². The Labute approximate surface area is 136 Å². The molecule has 3 aromatic rings. The molecular weight excluding hydrogens is 284 g/mol. The summed E-state index contributed by atoms with van der Waals surface area (Å²) >= 11 is 0. The molecule has 1 aromatic carbocycles. The van der Waals surface area contributed by atoms with Crippen LogP contribution in [-0.4, -0.2) is 4.57 Å². The molecule has 0 bridgehead atoms. The van der Waals surface area contributed by atoms with Crippen molar-refractivity contribution in [2.24, 2.45) is 7.05 Å². The number of aryl methyl sites for hydroxylation is 1. The van der Waals surface area contributed by atoms with Crippen molar-refractivity contribution in [3.63, 3.8) is 0 Å². The first kappa shape index (κ1) is 14.1. The van der Waals surface area contributed by atoms with Crippen molar-refractivity contribution >= 4 is 16.6 Å². The van der Waals surface area contributed by atoms with E-state index in [-0.39, 0.29) is 0 Å². The number of aromatic nitrogens is 1. The predicted molar refractivity (Wildman–Crippen MR) is 92.7 cm³/mol. The maximum absolute atomic E-state index is 7.29. The van der Waals surface area contributed by atoms with Crippen molar-refractivity contribution in [1.29, 1.82) is 0 Å². The topological polar surface area (TPSA) is 22.4 Å². The summed E-state index contributed by atoms with van der Waals surface area (Å²) in [6.07, 6.45) is 10.1. The Hall–Kier alpha value is -2.47. The Bertz CT molecular complexity index is 875. The molecule has 0 N–H and O–H groups in total. The highest BCUT2D eigenvalue weighted by atomic mass is 16.3. The Morgan fingerprint density at radius 3 is 2.70 bits per heavy atom. The third-order valence-corrected chi connectivity index (χ3v) is 5.16. The fourth-order valence-corrected chi connectivity index (χ4v) is 4.08. The first-order valence-electron chi connectivity index (χ1n) is 8.32. The van der Waals surface area contributed by atoms with Gasteiger partial charge >= 0.3 is 0 Å². The van der Waals surface area contributed by atoms with Gasteiger partial charge in [-0.15, -0.1) is 0 Å². The van der Waals surface area contributed by atoms with Crippen LogP contribution in [0.3, 0.4) is 0 Å². The van der Waals surface area contributed by atoms with Gasteiger partial charge in [0.25, 0.3) is 0 Å². The minimum Gasteiger partial charge on any atom is -0.472 e. The number of benzene rings is 1. The first-order chi connectivity index (χ1) is 11.3. The molecule has 3 nitrogen and oxygen atoms in total. The van der Waals surface area contributed by atoms with E-state index in [9.17, 15) is 0 Å². The van der Waals surface area contributed by atoms with Gasteiger partial charge in [-0.2, -0.15) is 0 Å². The molecule has 1 aliphatic rings. The van der Waals surface area contributed by atoms with E-state index < -0.39 is 0 Å². The van der Waals surface area contributed by atoms with Crippen LogP contribution in [0.1, 0.15) is 43.6 Å². The average molecular weight is 304 g/mol. The van der Waals surface area contributed by atoms with Gasteiger partial charge in [0.2, 0.25) is 0 Å². The van der Waals surface area contributed by atoms with E-state index in [4.69, 9.17) is 11.0 Å². The summed E-state index contributed by atoms with van der Waals surface area (Å²) in [6.45, 7) is 7.29. The minimum atomic E-state index is 0.608. The quantitative estimate of drug-likeness (QED) is 0.529. The molecule has 2 heterocycles. The second-order valence-electron chi connectivity index (χ2n) is 6.48. The van der Waals surface area contributed by atoms with E-state index >= 15 is 0 Å². The number of furan rings is 1. The van der Waals surface area contributed by atoms with Gasteiger partial charge in [0.05, 0.1) is 24.8 Å². The van der Waals surface area contributed by atoms with Gasteiger partial charge in [-0.05, 0) is 36.5 Å². The highest BCUT2D eigenvalue weighted by Gasteiger charge is 2.25. The molecular formula is C20H20N2O. The standard InChI is InChI=1S/C20H20N2O/c1-21-16-8-9-17-18(12-16)22(2)20(15-10-11-23-13-15)19(17)14-6-4-3-5-7-14/h8-14H,3-7H2,2H3. The second-order valence-corrected chi connectivity index (χ2v) is 6.48. The van der Waals surface area contributed by atoms with Gasteiger partial charge in [-0.3, -0.25) is 0 Å². The fourth-order valence-electron chi connectivity index (χ4n) is 4.08. The first-order valence-corrected chi connectivity index (χ1v) is 8.32. The van der Waals surface area contributed by atoms with Gasteiger partial charge in [0, 0.05) is 23.5 Å². The summed E-state index contributed by atoms with van der Waals surface area (Å²) < 4.78 is 7.58. The van der Waals surface area contributed by atoms with Gasteiger partial charge in [-0.25, -0.2) is 4.85 Å². The molecule has 4 rings (SSSR count). The van der Waals surface area contributed by atoms with Crippen molar-refractivity contribution < 1.29 is 4.42 Å². The molecule has 0 aliphatic heterocycles. The zero-order chi connectivity index (χ0) is 15.8. The Morgan fingerprint density at radius 2 is 2.00 bits per heavy atom. The molecule has 0 amide bonds. The molecule has 0 saturated heterocycles. The van der Waals surface area contributed by atoms with Crippen LogP contribution in [0.25, 0.3) is 27.0 Å². The Morgan fingerprint density at radius 1 is 1.17 bits per heavy atom. The van der Waals surface area contributed by atoms with E-state index in [0.717, 1.165) is 11.1 Å². The molecule has 0 spiro atoms. The van der Waals surface area contributed by atoms with Crippen LogP contribution in [0, 0.1) is 6.57 Å². The number of nitrogens with zero attached hydrogens (tertiary/aromatic N) is 2. The van der Waals surface area contributed by atoms with Crippen LogP contribution < -0.4 is 0 Å². The molecule has 0 radical (unpaired) electrons. The third-order valence-electron chi connectivity index (χ3n) is 5.16. The molecule has 0 unspecified atom stereocenters. The highest BCUT2D eigenvalue weighted by Crippen LogP contribution is 2.44. The fraction of sp³-hybridized carbons (Fsp3) is 0.350. The molecule has 0 atom stereocenters. The molecule has 23 heavy (non-hydrogen) atoms. The average Bonchev–Trinajstić information content (AvgIpc) is 3.22. The summed E-state index contributed by atoms with van der Waals surface area (Å²) in [5.41, 5.74) is 5.68. The zero-order valence-corrected chi connectivity index (χ0v) is 13.4. The number of hydrogen-bond donors (Lipinski definition) is 0. The van der Waals surface area contributed by atoms with E-state index in [2.05, 4.69) is 22.5 Å². The lowest BCUT2D eigenvalue weighted by atomic mass is 9.82. The van der Waals surface area contributed by atoms with E-state index in [1.54, 1.807) is 6.26 Å². The van der Waals surface area contributed by atoms with Crippen LogP contribution >= 0.6 is 0 Å². The number of hydrogen-bond acceptors (Lipinski definition) is 1. The van der Waals surface area contributed by atoms with Crippen molar-refractivity contribution in [3.8, 4) is 11.3 Å². The monoisotopic (exact) mass is 304 g/mol. The van der Waals surface area contributed by atoms with Crippen LogP contribution in [-0.2, 0) is 7.05 Å². The van der Waals surface area contributed by atoms with Gasteiger partial charge < -0.3 is 8.98 Å². The largest absolute Gasteiger partial charge is 0.472 e. The maximum atomic E-state index is 7.29. The van der Waals surface area contributed by atoms with Gasteiger partial charge in [0.15, 0.2) is 5.69 Å². The summed E-state index contributed by atoms with van der Waals surface area (Å²) in [4.78, 5) is 3.59. The summed E-state index contributed by atoms with van der Waals surface area (Å²) in [6, 6.07) is 8.13. The number of fused-ring (bicyclic) bond motifs is 1. The summed E-state index contributed by atoms with van der Waals surface area (Å²) in [7, 11) is 2.10. The van der Waals surface area contributed by atoms with Crippen LogP contribution in [0.2, 0.25) is 0 Å². The molecule has 1 saturated carbocycles. The molecule has 116 valence electrons. The summed E-state index contributed by atoms with van der Waals surface area (Å²) in [5, 5.41) is 1.29. The SMILES string of the molecule is [C-]#[N+]c1ccc2c(C3CCCCC3)c(-c3ccoc3)n(C)c2c1. The third kappa shape index (κ3) is 2.26. The normalized spacial score (nSPS) is 15.8. The molecule has 3 heteroatoms. The molecule has 1 fully saturated rings. The number of rotatable bonds is 2. The Balaban J connectivity index is 2.01. The lowest BCUT2D eigenvalue weighted by molar-refractivity contribution is 0.446. The second kappa shape index (κ2) is 5.62. The van der Waals surface area contributed by atoms with Crippen molar-refractivity contribution in [1.82, 2.24) is 4.57 Å². The minimum absolute atomic E-state index is 0.608. The molecule has 1 aliphatic carbocycles. The maximum Gasteiger partial charge on any atom is 0.189 e. The predicted octanol–water partition coefficient (Wildman–Crippen LogP) is 6.04. The smallest absolute Gasteiger partial charge is 0.189 e. The Kier molecular flexibility index (Phi) is 3.46. The van der Waals surface area contributed by atoms with Crippen LogP contribution in [0.15, 0.2) is 41.2 Å². The zero-order valence-electron chi connectivity index (χ0n) is 13.4. The van der Waals surface area contributed by atoms with Crippen LogP contribution in [0.4, 0.5) is 5.69 Å². The van der Waals surface area contributed by atoms with Crippen molar-refractivity contribution in [2.75, 3.05) is 0 Å². The lowest BCUT2D eigenvalue weighted by Crippen LogP contribution is -2.06. The van der Waals surface area contributed by atoms with Gasteiger partial charge in [0.1, 0.15) is 0 Å². The van der Waals surface area contributed by atoms with Crippen molar-refractivity contribution in [2.45, 2.75) is 38.0 Å². The highest BCUT2D eigenvalue weighted by molar-refractivity contribution is 5.94. The van der Waals surface area contributed by atoms with E-state index in [1.165, 1.54) is 48.7 Å². The van der Waals surface area contributed by atoms with Crippen molar-refractivity contribution in [3.05, 3.63) is 53.8 Å².